The largest absolute Gasteiger partial charge is 0.387 e. The topological polar surface area (TPSA) is 62.4 Å². The average molecular weight is 277 g/mol. The molecule has 20 heavy (non-hydrogen) atoms. The second kappa shape index (κ2) is 4.96. The zero-order chi connectivity index (χ0) is 14.2. The Morgan fingerprint density at radius 1 is 1.35 bits per heavy atom. The first kappa shape index (κ1) is 13.2. The Bertz CT molecular complexity index is 591. The highest BCUT2D eigenvalue weighted by Crippen LogP contribution is 2.26. The molecule has 1 fully saturated rings. The van der Waals surface area contributed by atoms with Gasteiger partial charge in [0.2, 0.25) is 11.7 Å². The lowest BCUT2D eigenvalue weighted by Gasteiger charge is -2.45. The number of aromatic nitrogens is 2. The third kappa shape index (κ3) is 2.57. The van der Waals surface area contributed by atoms with Crippen LogP contribution < -0.4 is 0 Å². The van der Waals surface area contributed by atoms with E-state index in [2.05, 4.69) is 10.1 Å². The third-order valence-electron chi connectivity index (χ3n) is 3.62. The van der Waals surface area contributed by atoms with Crippen molar-refractivity contribution in [2.45, 2.75) is 25.5 Å². The lowest BCUT2D eigenvalue weighted by Crippen LogP contribution is -2.60. The number of nitrogens with zero attached hydrogens (tertiary/aromatic N) is 3. The number of hydrogen-bond donors (Lipinski definition) is 1. The van der Waals surface area contributed by atoms with E-state index < -0.39 is 5.60 Å². The van der Waals surface area contributed by atoms with Gasteiger partial charge in [0.25, 0.3) is 0 Å². The second-order valence-corrected chi connectivity index (χ2v) is 5.24. The molecule has 2 heterocycles. The summed E-state index contributed by atoms with van der Waals surface area (Å²) < 4.78 is 18.0. The van der Waals surface area contributed by atoms with Crippen LogP contribution in [0.2, 0.25) is 0 Å². The van der Waals surface area contributed by atoms with Gasteiger partial charge in [0.1, 0.15) is 5.82 Å². The SMILES string of the molecule is CCC1(O)CN(Cc2nc(-c3ccc(F)cc3)no2)C1. The number of aliphatic hydroxyl groups is 1. The minimum Gasteiger partial charge on any atom is -0.387 e. The van der Waals surface area contributed by atoms with Crippen LogP contribution in [-0.2, 0) is 6.54 Å². The highest BCUT2D eigenvalue weighted by Gasteiger charge is 2.39. The van der Waals surface area contributed by atoms with Gasteiger partial charge in [-0.1, -0.05) is 12.1 Å². The first-order valence-corrected chi connectivity index (χ1v) is 6.61. The lowest BCUT2D eigenvalue weighted by molar-refractivity contribution is -0.106. The van der Waals surface area contributed by atoms with Crippen molar-refractivity contribution in [2.24, 2.45) is 0 Å². The molecular formula is C14H16FN3O2. The Hall–Kier alpha value is -1.79. The Labute approximate surface area is 116 Å². The van der Waals surface area contributed by atoms with E-state index in [4.69, 9.17) is 4.52 Å². The molecule has 5 nitrogen and oxygen atoms in total. The molecule has 1 aromatic carbocycles. The third-order valence-corrected chi connectivity index (χ3v) is 3.62. The Morgan fingerprint density at radius 3 is 2.70 bits per heavy atom. The zero-order valence-corrected chi connectivity index (χ0v) is 11.2. The number of likely N-dealkylation sites (tertiary alicyclic amines) is 1. The van der Waals surface area contributed by atoms with Gasteiger partial charge < -0.3 is 9.63 Å². The fourth-order valence-corrected chi connectivity index (χ4v) is 2.35. The first-order valence-electron chi connectivity index (χ1n) is 6.61. The minimum atomic E-state index is -0.570. The molecule has 1 aromatic heterocycles. The monoisotopic (exact) mass is 277 g/mol. The summed E-state index contributed by atoms with van der Waals surface area (Å²) in [6, 6.07) is 5.96. The molecule has 0 amide bonds. The molecule has 0 bridgehead atoms. The summed E-state index contributed by atoms with van der Waals surface area (Å²) in [4.78, 5) is 6.33. The van der Waals surface area contributed by atoms with Crippen molar-refractivity contribution < 1.29 is 14.0 Å². The number of halogens is 1. The Balaban J connectivity index is 1.64. The summed E-state index contributed by atoms with van der Waals surface area (Å²) in [5.74, 6) is 0.658. The molecular weight excluding hydrogens is 261 g/mol. The Kier molecular flexibility index (Phi) is 3.27. The van der Waals surface area contributed by atoms with Gasteiger partial charge in [0.15, 0.2) is 0 Å². The van der Waals surface area contributed by atoms with Crippen molar-refractivity contribution in [1.82, 2.24) is 15.0 Å². The van der Waals surface area contributed by atoms with E-state index in [-0.39, 0.29) is 5.82 Å². The maximum atomic E-state index is 12.8. The smallest absolute Gasteiger partial charge is 0.241 e. The maximum Gasteiger partial charge on any atom is 0.241 e. The van der Waals surface area contributed by atoms with E-state index in [0.29, 0.717) is 31.3 Å². The minimum absolute atomic E-state index is 0.295. The van der Waals surface area contributed by atoms with Crippen molar-refractivity contribution in [3.63, 3.8) is 0 Å². The van der Waals surface area contributed by atoms with Crippen LogP contribution in [0, 0.1) is 5.82 Å². The Morgan fingerprint density at radius 2 is 2.05 bits per heavy atom. The van der Waals surface area contributed by atoms with E-state index in [1.54, 1.807) is 12.1 Å². The van der Waals surface area contributed by atoms with Crippen LogP contribution in [0.15, 0.2) is 28.8 Å². The van der Waals surface area contributed by atoms with Gasteiger partial charge in [0.05, 0.1) is 12.1 Å². The molecule has 3 rings (SSSR count). The highest BCUT2D eigenvalue weighted by atomic mass is 19.1. The van der Waals surface area contributed by atoms with Crippen LogP contribution in [0.1, 0.15) is 19.2 Å². The average Bonchev–Trinajstić information content (AvgIpc) is 2.86. The van der Waals surface area contributed by atoms with Crippen LogP contribution in [0.3, 0.4) is 0 Å². The molecule has 1 aliphatic heterocycles. The molecule has 0 unspecified atom stereocenters. The second-order valence-electron chi connectivity index (χ2n) is 5.24. The predicted octanol–water partition coefficient (Wildman–Crippen LogP) is 1.83. The van der Waals surface area contributed by atoms with E-state index in [1.165, 1.54) is 12.1 Å². The van der Waals surface area contributed by atoms with Gasteiger partial charge in [-0.2, -0.15) is 4.98 Å². The van der Waals surface area contributed by atoms with Crippen molar-refractivity contribution in [2.75, 3.05) is 13.1 Å². The van der Waals surface area contributed by atoms with E-state index in [1.807, 2.05) is 11.8 Å². The molecule has 0 aliphatic carbocycles. The van der Waals surface area contributed by atoms with Gasteiger partial charge in [-0.25, -0.2) is 4.39 Å². The maximum absolute atomic E-state index is 12.8. The van der Waals surface area contributed by atoms with Crippen molar-refractivity contribution in [3.8, 4) is 11.4 Å². The van der Waals surface area contributed by atoms with Gasteiger partial charge in [-0.05, 0) is 30.7 Å². The van der Waals surface area contributed by atoms with Gasteiger partial charge in [-0.3, -0.25) is 4.90 Å². The number of benzene rings is 1. The molecule has 0 radical (unpaired) electrons. The molecule has 0 spiro atoms. The summed E-state index contributed by atoms with van der Waals surface area (Å²) in [6.07, 6.45) is 0.744. The summed E-state index contributed by atoms with van der Waals surface area (Å²) in [5.41, 5.74) is 0.148. The van der Waals surface area contributed by atoms with Crippen molar-refractivity contribution in [3.05, 3.63) is 36.0 Å². The van der Waals surface area contributed by atoms with Crippen LogP contribution in [0.5, 0.6) is 0 Å². The predicted molar refractivity (Wildman–Crippen MR) is 70.2 cm³/mol. The summed E-state index contributed by atoms with van der Waals surface area (Å²) in [7, 11) is 0. The molecule has 1 aliphatic rings. The number of β-amino-alcohol motifs (C(OH)–C–C–N with tert-alkyl or cyclic N) is 1. The van der Waals surface area contributed by atoms with E-state index >= 15 is 0 Å². The molecule has 0 saturated carbocycles. The fourth-order valence-electron chi connectivity index (χ4n) is 2.35. The molecule has 2 aromatic rings. The number of rotatable bonds is 4. The van der Waals surface area contributed by atoms with Crippen molar-refractivity contribution in [1.29, 1.82) is 0 Å². The molecule has 106 valence electrons. The van der Waals surface area contributed by atoms with Crippen LogP contribution >= 0.6 is 0 Å². The summed E-state index contributed by atoms with van der Waals surface area (Å²) >= 11 is 0. The normalized spacial score (nSPS) is 17.9. The standard InChI is InChI=1S/C14H16FN3O2/c1-2-14(19)8-18(9-14)7-12-16-13(17-20-12)10-3-5-11(15)6-4-10/h3-6,19H,2,7-9H2,1H3. The van der Waals surface area contributed by atoms with E-state index in [9.17, 15) is 9.50 Å². The molecule has 0 atom stereocenters. The number of hydrogen-bond acceptors (Lipinski definition) is 5. The van der Waals surface area contributed by atoms with Crippen LogP contribution in [-0.4, -0.2) is 38.8 Å². The molecule has 6 heteroatoms. The molecule has 1 N–H and O–H groups in total. The van der Waals surface area contributed by atoms with Crippen molar-refractivity contribution >= 4 is 0 Å². The summed E-state index contributed by atoms with van der Waals surface area (Å²) in [6.45, 7) is 3.74. The summed E-state index contributed by atoms with van der Waals surface area (Å²) in [5, 5.41) is 13.8. The lowest BCUT2D eigenvalue weighted by atomic mass is 9.91. The fraction of sp³-hybridized carbons (Fsp3) is 0.429. The van der Waals surface area contributed by atoms with Gasteiger partial charge >= 0.3 is 0 Å². The highest BCUT2D eigenvalue weighted by molar-refractivity contribution is 5.53. The van der Waals surface area contributed by atoms with Gasteiger partial charge in [-0.15, -0.1) is 0 Å². The van der Waals surface area contributed by atoms with Gasteiger partial charge in [0, 0.05) is 18.7 Å². The van der Waals surface area contributed by atoms with Crippen LogP contribution in [0.25, 0.3) is 11.4 Å². The quantitative estimate of drug-likeness (QED) is 0.923. The van der Waals surface area contributed by atoms with E-state index in [0.717, 1.165) is 12.0 Å². The van der Waals surface area contributed by atoms with Crippen LogP contribution in [0.4, 0.5) is 4.39 Å². The first-order chi connectivity index (χ1) is 9.58. The molecule has 1 saturated heterocycles. The zero-order valence-electron chi connectivity index (χ0n) is 11.2.